The van der Waals surface area contributed by atoms with Crippen LogP contribution >= 0.6 is 0 Å². The van der Waals surface area contributed by atoms with Crippen LogP contribution in [-0.4, -0.2) is 25.0 Å². The molecule has 1 aromatic rings. The number of benzene rings is 1. The minimum atomic E-state index is 0.558. The molecule has 1 aromatic carbocycles. The molecule has 1 rings (SSSR count). The molecule has 0 bridgehead atoms. The Kier molecular flexibility index (Phi) is 5.66. The molecular weight excluding hydrogens is 208 g/mol. The Hall–Kier alpha value is -0.860. The minimum Gasteiger partial charge on any atom is -0.310 e. The van der Waals surface area contributed by atoms with Crippen molar-refractivity contribution >= 4 is 0 Å². The highest BCUT2D eigenvalue weighted by atomic mass is 15.0. The summed E-state index contributed by atoms with van der Waals surface area (Å²) in [6.45, 7) is 8.73. The van der Waals surface area contributed by atoms with E-state index >= 15 is 0 Å². The maximum atomic E-state index is 3.59. The quantitative estimate of drug-likeness (QED) is 0.814. The van der Waals surface area contributed by atoms with E-state index in [0.29, 0.717) is 12.0 Å². The van der Waals surface area contributed by atoms with E-state index in [0.717, 1.165) is 13.1 Å². The smallest absolute Gasteiger partial charge is 0.0230 e. The molecule has 0 saturated carbocycles. The van der Waals surface area contributed by atoms with Crippen molar-refractivity contribution in [2.45, 2.75) is 39.9 Å². The van der Waals surface area contributed by atoms with Crippen LogP contribution in [0.3, 0.4) is 0 Å². The zero-order valence-electron chi connectivity index (χ0n) is 11.8. The first-order valence-electron chi connectivity index (χ1n) is 6.45. The fourth-order valence-electron chi connectivity index (χ4n) is 1.73. The molecule has 0 aliphatic rings. The van der Waals surface area contributed by atoms with Gasteiger partial charge in [-0.25, -0.2) is 0 Å². The van der Waals surface area contributed by atoms with E-state index in [9.17, 15) is 0 Å². The van der Waals surface area contributed by atoms with Gasteiger partial charge in [0.2, 0.25) is 0 Å². The van der Waals surface area contributed by atoms with Crippen LogP contribution in [0.1, 0.15) is 31.9 Å². The van der Waals surface area contributed by atoms with Crippen molar-refractivity contribution in [3.05, 3.63) is 35.4 Å². The van der Waals surface area contributed by atoms with Crippen LogP contribution in [0.25, 0.3) is 0 Å². The standard InChI is InChI=1S/C15H26N2/c1-12(2)13(3)16-10-14-8-6-7-9-15(14)11-17(4)5/h6-9,12-13,16H,10-11H2,1-5H3. The largest absolute Gasteiger partial charge is 0.310 e. The van der Waals surface area contributed by atoms with Crippen molar-refractivity contribution < 1.29 is 0 Å². The highest BCUT2D eigenvalue weighted by Crippen LogP contribution is 2.11. The van der Waals surface area contributed by atoms with Crippen LogP contribution in [0.15, 0.2) is 24.3 Å². The number of nitrogens with zero attached hydrogens (tertiary/aromatic N) is 1. The van der Waals surface area contributed by atoms with Gasteiger partial charge in [-0.1, -0.05) is 38.1 Å². The average Bonchev–Trinajstić information content (AvgIpc) is 2.26. The summed E-state index contributed by atoms with van der Waals surface area (Å²) in [4.78, 5) is 2.21. The molecule has 0 aliphatic heterocycles. The minimum absolute atomic E-state index is 0.558. The molecule has 0 fully saturated rings. The van der Waals surface area contributed by atoms with Crippen LogP contribution in [0.2, 0.25) is 0 Å². The Balaban J connectivity index is 2.63. The summed E-state index contributed by atoms with van der Waals surface area (Å²) in [5.74, 6) is 0.677. The molecule has 0 saturated heterocycles. The van der Waals surface area contributed by atoms with Crippen LogP contribution in [-0.2, 0) is 13.1 Å². The van der Waals surface area contributed by atoms with E-state index in [-0.39, 0.29) is 0 Å². The summed E-state index contributed by atoms with van der Waals surface area (Å²) in [6, 6.07) is 9.24. The van der Waals surface area contributed by atoms with Gasteiger partial charge in [-0.15, -0.1) is 0 Å². The lowest BCUT2D eigenvalue weighted by atomic mass is 10.0. The van der Waals surface area contributed by atoms with Gasteiger partial charge in [-0.2, -0.15) is 0 Å². The van der Waals surface area contributed by atoms with Crippen molar-refractivity contribution in [3.63, 3.8) is 0 Å². The lowest BCUT2D eigenvalue weighted by molar-refractivity contribution is 0.396. The first-order chi connectivity index (χ1) is 8.00. The highest BCUT2D eigenvalue weighted by molar-refractivity contribution is 5.26. The van der Waals surface area contributed by atoms with Gasteiger partial charge in [0.15, 0.2) is 0 Å². The Bertz CT molecular complexity index is 331. The highest BCUT2D eigenvalue weighted by Gasteiger charge is 2.08. The molecule has 2 heteroatoms. The molecule has 0 radical (unpaired) electrons. The van der Waals surface area contributed by atoms with Gasteiger partial charge >= 0.3 is 0 Å². The second-order valence-corrected chi connectivity index (χ2v) is 5.42. The third-order valence-corrected chi connectivity index (χ3v) is 3.22. The summed E-state index contributed by atoms with van der Waals surface area (Å²) < 4.78 is 0. The molecule has 0 aromatic heterocycles. The molecule has 0 amide bonds. The van der Waals surface area contributed by atoms with Crippen LogP contribution in [0.4, 0.5) is 0 Å². The Labute approximate surface area is 106 Å². The van der Waals surface area contributed by atoms with E-state index in [4.69, 9.17) is 0 Å². The van der Waals surface area contributed by atoms with Gasteiger partial charge in [-0.05, 0) is 38.1 Å². The summed E-state index contributed by atoms with van der Waals surface area (Å²) >= 11 is 0. The number of rotatable bonds is 6. The Morgan fingerprint density at radius 3 is 2.18 bits per heavy atom. The normalized spacial score (nSPS) is 13.4. The first kappa shape index (κ1) is 14.2. The fraction of sp³-hybridized carbons (Fsp3) is 0.600. The van der Waals surface area contributed by atoms with Gasteiger partial charge < -0.3 is 10.2 Å². The SMILES string of the molecule is CC(C)C(C)NCc1ccccc1CN(C)C. The van der Waals surface area contributed by atoms with Crippen molar-refractivity contribution in [3.8, 4) is 0 Å². The van der Waals surface area contributed by atoms with Crippen molar-refractivity contribution in [1.82, 2.24) is 10.2 Å². The molecule has 0 spiro atoms. The third-order valence-electron chi connectivity index (χ3n) is 3.22. The second kappa shape index (κ2) is 6.77. The second-order valence-electron chi connectivity index (χ2n) is 5.42. The lowest BCUT2D eigenvalue weighted by Gasteiger charge is -2.19. The van der Waals surface area contributed by atoms with E-state index < -0.39 is 0 Å². The average molecular weight is 234 g/mol. The summed E-state index contributed by atoms with van der Waals surface area (Å²) in [7, 11) is 4.22. The van der Waals surface area contributed by atoms with Gasteiger partial charge in [0.05, 0.1) is 0 Å². The molecule has 0 heterocycles. The molecule has 2 nitrogen and oxygen atoms in total. The third kappa shape index (κ3) is 4.88. The Morgan fingerprint density at radius 1 is 1.06 bits per heavy atom. The van der Waals surface area contributed by atoms with Crippen molar-refractivity contribution in [2.24, 2.45) is 5.92 Å². The van der Waals surface area contributed by atoms with Gasteiger partial charge in [-0.3, -0.25) is 0 Å². The molecular formula is C15H26N2. The van der Waals surface area contributed by atoms with Crippen LogP contribution < -0.4 is 5.32 Å². The lowest BCUT2D eigenvalue weighted by Crippen LogP contribution is -2.30. The summed E-state index contributed by atoms with van der Waals surface area (Å²) in [6.07, 6.45) is 0. The van der Waals surface area contributed by atoms with Gasteiger partial charge in [0.1, 0.15) is 0 Å². The van der Waals surface area contributed by atoms with Crippen molar-refractivity contribution in [1.29, 1.82) is 0 Å². The van der Waals surface area contributed by atoms with Gasteiger partial charge in [0.25, 0.3) is 0 Å². The molecule has 1 N–H and O–H groups in total. The van der Waals surface area contributed by atoms with Crippen LogP contribution in [0.5, 0.6) is 0 Å². The van der Waals surface area contributed by atoms with Crippen LogP contribution in [0, 0.1) is 5.92 Å². The van der Waals surface area contributed by atoms with E-state index in [1.54, 1.807) is 0 Å². The van der Waals surface area contributed by atoms with E-state index in [2.05, 4.69) is 69.3 Å². The molecule has 96 valence electrons. The molecule has 17 heavy (non-hydrogen) atoms. The fourth-order valence-corrected chi connectivity index (χ4v) is 1.73. The molecule has 1 unspecified atom stereocenters. The molecule has 1 atom stereocenters. The molecule has 0 aliphatic carbocycles. The zero-order valence-corrected chi connectivity index (χ0v) is 11.8. The van der Waals surface area contributed by atoms with E-state index in [1.807, 2.05) is 0 Å². The monoisotopic (exact) mass is 234 g/mol. The van der Waals surface area contributed by atoms with Crippen molar-refractivity contribution in [2.75, 3.05) is 14.1 Å². The zero-order chi connectivity index (χ0) is 12.8. The summed E-state index contributed by atoms with van der Waals surface area (Å²) in [5, 5.41) is 3.59. The maximum absolute atomic E-state index is 3.59. The predicted molar refractivity (Wildman–Crippen MR) is 75.0 cm³/mol. The maximum Gasteiger partial charge on any atom is 0.0230 e. The Morgan fingerprint density at radius 2 is 1.65 bits per heavy atom. The first-order valence-corrected chi connectivity index (χ1v) is 6.45. The number of hydrogen-bond donors (Lipinski definition) is 1. The van der Waals surface area contributed by atoms with Gasteiger partial charge in [0, 0.05) is 19.1 Å². The number of nitrogens with one attached hydrogen (secondary N) is 1. The van der Waals surface area contributed by atoms with E-state index in [1.165, 1.54) is 11.1 Å². The summed E-state index contributed by atoms with van der Waals surface area (Å²) in [5.41, 5.74) is 2.83. The number of hydrogen-bond acceptors (Lipinski definition) is 2. The topological polar surface area (TPSA) is 15.3 Å². The predicted octanol–water partition coefficient (Wildman–Crippen LogP) is 2.88.